The van der Waals surface area contributed by atoms with Crippen LogP contribution in [0.25, 0.3) is 11.4 Å². The quantitative estimate of drug-likeness (QED) is 0.693. The molecule has 12 heteroatoms. The van der Waals surface area contributed by atoms with Gasteiger partial charge in [-0.2, -0.15) is 0 Å². The maximum atomic E-state index is 14.1. The summed E-state index contributed by atoms with van der Waals surface area (Å²) in [5.74, 6) is -3.54. The van der Waals surface area contributed by atoms with Gasteiger partial charge < -0.3 is 10.0 Å². The van der Waals surface area contributed by atoms with Crippen LogP contribution in [0.4, 0.5) is 14.5 Å². The van der Waals surface area contributed by atoms with Gasteiger partial charge in [0.05, 0.1) is 11.2 Å². The smallest absolute Gasteiger partial charge is 0.271 e. The fraction of sp³-hybridized carbons (Fsp3) is 0.533. The summed E-state index contributed by atoms with van der Waals surface area (Å²) in [7, 11) is -4.53. The molecule has 0 amide bonds. The first-order chi connectivity index (χ1) is 12.4. The summed E-state index contributed by atoms with van der Waals surface area (Å²) < 4.78 is 52.7. The molecule has 1 aromatic heterocycles. The lowest BCUT2D eigenvalue weighted by Crippen LogP contribution is -2.42. The van der Waals surface area contributed by atoms with E-state index in [0.29, 0.717) is 38.5 Å². The zero-order chi connectivity index (χ0) is 20.0. The minimum absolute atomic E-state index is 0.0857. The number of anilines is 1. The Bertz CT molecular complexity index is 931. The number of alkyl halides is 2. The highest BCUT2D eigenvalue weighted by molar-refractivity contribution is 7.89. The van der Waals surface area contributed by atoms with Crippen molar-refractivity contribution in [1.29, 1.82) is 0 Å². The minimum Gasteiger partial charge on any atom is -0.390 e. The maximum absolute atomic E-state index is 14.1. The molecule has 0 radical (unpaired) electrons. The molecule has 1 aromatic carbocycles. The van der Waals surface area contributed by atoms with Crippen LogP contribution in [-0.2, 0) is 15.9 Å². The van der Waals surface area contributed by atoms with Gasteiger partial charge in [0.2, 0.25) is 10.0 Å². The molecule has 4 N–H and O–H groups in total. The summed E-state index contributed by atoms with van der Waals surface area (Å²) in [5.41, 5.74) is -1.34. The first kappa shape index (κ1) is 19.6. The van der Waals surface area contributed by atoms with Crippen LogP contribution >= 0.6 is 0 Å². The lowest BCUT2D eigenvalue weighted by molar-refractivity contribution is 0.0145. The molecule has 2 heterocycles. The van der Waals surface area contributed by atoms with Gasteiger partial charge in [0, 0.05) is 31.3 Å². The number of halogens is 2. The zero-order valence-electron chi connectivity index (χ0n) is 14.8. The van der Waals surface area contributed by atoms with Gasteiger partial charge in [-0.25, -0.2) is 27.4 Å². The van der Waals surface area contributed by atoms with Gasteiger partial charge in [0.25, 0.3) is 5.92 Å². The fourth-order valence-electron chi connectivity index (χ4n) is 3.20. The normalized spacial score (nSPS) is 17.9. The van der Waals surface area contributed by atoms with E-state index in [0.717, 1.165) is 6.07 Å². The largest absolute Gasteiger partial charge is 0.390 e. The van der Waals surface area contributed by atoms with Gasteiger partial charge in [-0.3, -0.25) is 0 Å². The van der Waals surface area contributed by atoms with Crippen LogP contribution in [0.2, 0.25) is 0 Å². The van der Waals surface area contributed by atoms with Crippen molar-refractivity contribution in [2.45, 2.75) is 43.1 Å². The third-order valence-electron chi connectivity index (χ3n) is 4.66. The van der Waals surface area contributed by atoms with E-state index in [4.69, 9.17) is 5.14 Å². The average molecular weight is 402 g/mol. The van der Waals surface area contributed by atoms with E-state index in [1.807, 2.05) is 0 Å². The second-order valence-corrected chi connectivity index (χ2v) is 8.50. The van der Waals surface area contributed by atoms with Crippen LogP contribution in [0.15, 0.2) is 17.0 Å². The molecule has 1 aliphatic heterocycles. The van der Waals surface area contributed by atoms with Crippen molar-refractivity contribution < 1.29 is 22.3 Å². The number of rotatable bonds is 4. The van der Waals surface area contributed by atoms with Crippen molar-refractivity contribution >= 4 is 15.7 Å². The molecule has 0 atom stereocenters. The minimum atomic E-state index is -4.53. The van der Waals surface area contributed by atoms with E-state index in [1.54, 1.807) is 11.8 Å². The Balaban J connectivity index is 2.27. The number of nitrogens with one attached hydrogen (secondary N) is 1. The van der Waals surface area contributed by atoms with Crippen LogP contribution < -0.4 is 10.0 Å². The number of aliphatic hydroxyl groups is 1. The number of nitrogens with zero attached hydrogens (tertiary/aromatic N) is 4. The number of nitrogens with two attached hydrogens (primary N) is 1. The van der Waals surface area contributed by atoms with E-state index in [9.17, 15) is 22.3 Å². The molecule has 0 unspecified atom stereocenters. The zero-order valence-corrected chi connectivity index (χ0v) is 15.6. The number of tetrazole rings is 1. The van der Waals surface area contributed by atoms with Crippen molar-refractivity contribution in [2.75, 3.05) is 18.0 Å². The molecule has 0 spiro atoms. The molecule has 0 saturated carbocycles. The van der Waals surface area contributed by atoms with Crippen molar-refractivity contribution in [3.63, 3.8) is 0 Å². The number of aromatic amines is 1. The van der Waals surface area contributed by atoms with Gasteiger partial charge in [0.15, 0.2) is 5.82 Å². The van der Waals surface area contributed by atoms with Crippen LogP contribution in [0.5, 0.6) is 0 Å². The maximum Gasteiger partial charge on any atom is 0.271 e. The van der Waals surface area contributed by atoms with E-state index in [-0.39, 0.29) is 11.4 Å². The number of H-pyrrole nitrogens is 1. The Morgan fingerprint density at radius 1 is 1.33 bits per heavy atom. The number of sulfonamides is 1. The Labute approximate surface area is 154 Å². The molecule has 148 valence electrons. The highest BCUT2D eigenvalue weighted by atomic mass is 32.2. The monoisotopic (exact) mass is 402 g/mol. The number of aromatic nitrogens is 4. The molecule has 0 aliphatic carbocycles. The molecule has 1 saturated heterocycles. The summed E-state index contributed by atoms with van der Waals surface area (Å²) >= 11 is 0. The summed E-state index contributed by atoms with van der Waals surface area (Å²) in [6.45, 7) is 3.10. The van der Waals surface area contributed by atoms with E-state index < -0.39 is 32.0 Å². The summed E-state index contributed by atoms with van der Waals surface area (Å²) in [6, 6.07) is 2.45. The molecular weight excluding hydrogens is 382 g/mol. The Morgan fingerprint density at radius 3 is 2.44 bits per heavy atom. The van der Waals surface area contributed by atoms with Crippen LogP contribution in [-0.4, -0.2) is 52.8 Å². The first-order valence-electron chi connectivity index (χ1n) is 8.20. The summed E-state index contributed by atoms with van der Waals surface area (Å²) in [6.07, 6.45) is 0.856. The van der Waals surface area contributed by atoms with Gasteiger partial charge in [-0.05, 0) is 42.3 Å². The third-order valence-corrected chi connectivity index (χ3v) is 5.65. The predicted molar refractivity (Wildman–Crippen MR) is 92.6 cm³/mol. The second kappa shape index (κ2) is 6.46. The average Bonchev–Trinajstić information content (AvgIpc) is 3.06. The molecule has 1 fully saturated rings. The van der Waals surface area contributed by atoms with Gasteiger partial charge >= 0.3 is 0 Å². The Kier molecular flexibility index (Phi) is 4.68. The molecule has 27 heavy (non-hydrogen) atoms. The second-order valence-electron chi connectivity index (χ2n) is 7.00. The highest BCUT2D eigenvalue weighted by Crippen LogP contribution is 2.42. The number of benzene rings is 1. The predicted octanol–water partition coefficient (Wildman–Crippen LogP) is 0.977. The number of primary sulfonamides is 1. The molecular formula is C15H20F2N6O3S. The lowest BCUT2D eigenvalue weighted by Gasteiger charge is -2.38. The SMILES string of the molecule is CC1(O)CCN(c2ccc(C(C)(F)F)c(S(N)(=O)=O)c2-c2nnn[nH]2)CC1. The Morgan fingerprint density at radius 2 is 1.96 bits per heavy atom. The van der Waals surface area contributed by atoms with E-state index >= 15 is 0 Å². The highest BCUT2D eigenvalue weighted by Gasteiger charge is 2.37. The third kappa shape index (κ3) is 3.92. The topological polar surface area (TPSA) is 138 Å². The van der Waals surface area contributed by atoms with Crippen molar-refractivity contribution in [1.82, 2.24) is 20.6 Å². The van der Waals surface area contributed by atoms with Gasteiger partial charge in [-0.15, -0.1) is 5.10 Å². The van der Waals surface area contributed by atoms with Crippen LogP contribution in [0.3, 0.4) is 0 Å². The first-order valence-corrected chi connectivity index (χ1v) is 9.74. The van der Waals surface area contributed by atoms with Crippen LogP contribution in [0.1, 0.15) is 32.3 Å². The lowest BCUT2D eigenvalue weighted by atomic mass is 9.92. The number of hydrogen-bond acceptors (Lipinski definition) is 7. The molecule has 3 rings (SSSR count). The summed E-state index contributed by atoms with van der Waals surface area (Å²) in [4.78, 5) is 1.07. The van der Waals surface area contributed by atoms with Crippen molar-refractivity contribution in [3.05, 3.63) is 17.7 Å². The van der Waals surface area contributed by atoms with Gasteiger partial charge in [-0.1, -0.05) is 0 Å². The molecule has 2 aromatic rings. The van der Waals surface area contributed by atoms with Crippen molar-refractivity contribution in [2.24, 2.45) is 5.14 Å². The number of piperidine rings is 1. The number of hydrogen-bond donors (Lipinski definition) is 3. The standard InChI is InChI=1S/C15H20F2N6O3S/c1-14(24)5-7-23(8-6-14)10-4-3-9(15(2,16)17)12(27(18,25)26)11(10)13-19-21-22-20-13/h3-4,24H,5-8H2,1-2H3,(H2,18,25,26)(H,19,20,21,22). The van der Waals surface area contributed by atoms with Crippen LogP contribution in [0, 0.1) is 0 Å². The van der Waals surface area contributed by atoms with Crippen molar-refractivity contribution in [3.8, 4) is 11.4 Å². The molecule has 0 bridgehead atoms. The fourth-order valence-corrected chi connectivity index (χ4v) is 4.24. The molecule has 1 aliphatic rings. The molecule has 9 nitrogen and oxygen atoms in total. The summed E-state index contributed by atoms with van der Waals surface area (Å²) in [5, 5.41) is 28.4. The van der Waals surface area contributed by atoms with Gasteiger partial charge in [0.1, 0.15) is 4.90 Å². The Hall–Kier alpha value is -2.18. The van der Waals surface area contributed by atoms with E-state index in [1.165, 1.54) is 6.07 Å². The van der Waals surface area contributed by atoms with E-state index in [2.05, 4.69) is 20.6 Å².